The predicted molar refractivity (Wildman–Crippen MR) is 66.1 cm³/mol. The van der Waals surface area contributed by atoms with Gasteiger partial charge in [-0.3, -0.25) is 0 Å². The maximum absolute atomic E-state index is 5.88. The van der Waals surface area contributed by atoms with E-state index in [9.17, 15) is 0 Å². The van der Waals surface area contributed by atoms with Gasteiger partial charge in [0.1, 0.15) is 5.75 Å². The number of fused-ring (bicyclic) bond motifs is 1. The quantitative estimate of drug-likeness (QED) is 0.789. The van der Waals surface area contributed by atoms with Crippen molar-refractivity contribution in [3.05, 3.63) is 29.3 Å². The van der Waals surface area contributed by atoms with Crippen LogP contribution >= 0.6 is 0 Å². The van der Waals surface area contributed by atoms with Crippen molar-refractivity contribution < 1.29 is 14.2 Å². The summed E-state index contributed by atoms with van der Waals surface area (Å²) < 4.78 is 17.0. The van der Waals surface area contributed by atoms with Gasteiger partial charge in [0.2, 0.25) is 6.29 Å². The highest BCUT2D eigenvalue weighted by Crippen LogP contribution is 2.48. The minimum atomic E-state index is -0.289. The molecule has 94 valence electrons. The Balaban J connectivity index is 2.51. The maximum atomic E-state index is 5.88. The van der Waals surface area contributed by atoms with Gasteiger partial charge < -0.3 is 14.2 Å². The molecular weight excluding hydrogens is 216 g/mol. The van der Waals surface area contributed by atoms with E-state index in [2.05, 4.69) is 26.8 Å². The van der Waals surface area contributed by atoms with Gasteiger partial charge in [-0.25, -0.2) is 0 Å². The molecule has 0 saturated heterocycles. The number of rotatable bonds is 2. The molecule has 1 aromatic carbocycles. The summed E-state index contributed by atoms with van der Waals surface area (Å²) in [6.07, 6.45) is -0.307. The van der Waals surface area contributed by atoms with Crippen molar-refractivity contribution >= 4 is 0 Å². The van der Waals surface area contributed by atoms with E-state index in [1.807, 2.05) is 12.1 Å². The summed E-state index contributed by atoms with van der Waals surface area (Å²) in [7, 11) is 3.40. The lowest BCUT2D eigenvalue weighted by Gasteiger charge is -2.43. The van der Waals surface area contributed by atoms with Crippen LogP contribution in [0, 0.1) is 12.3 Å². The topological polar surface area (TPSA) is 27.7 Å². The first kappa shape index (κ1) is 12.4. The summed E-state index contributed by atoms with van der Waals surface area (Å²) in [4.78, 5) is 0. The van der Waals surface area contributed by atoms with Crippen molar-refractivity contribution in [2.24, 2.45) is 5.41 Å². The minimum Gasteiger partial charge on any atom is -0.464 e. The SMILES string of the molecule is CO[C@@H]1Oc2ccc(C)cc2[C@@H](OC)C1(C)C. The maximum Gasteiger partial charge on any atom is 0.207 e. The van der Waals surface area contributed by atoms with Gasteiger partial charge in [-0.2, -0.15) is 0 Å². The number of hydrogen-bond acceptors (Lipinski definition) is 3. The van der Waals surface area contributed by atoms with E-state index in [1.165, 1.54) is 5.56 Å². The van der Waals surface area contributed by atoms with Gasteiger partial charge in [0.25, 0.3) is 0 Å². The predicted octanol–water partition coefficient (Wildman–Crippen LogP) is 3.07. The second kappa shape index (κ2) is 4.31. The molecule has 2 rings (SSSR count). The molecule has 0 spiro atoms. The molecule has 0 N–H and O–H groups in total. The van der Waals surface area contributed by atoms with E-state index in [1.54, 1.807) is 14.2 Å². The highest BCUT2D eigenvalue weighted by atomic mass is 16.7. The van der Waals surface area contributed by atoms with Gasteiger partial charge in [0, 0.05) is 19.8 Å². The molecule has 0 bridgehead atoms. The van der Waals surface area contributed by atoms with Gasteiger partial charge in [0.05, 0.1) is 11.5 Å². The zero-order valence-corrected chi connectivity index (χ0v) is 11.1. The first-order chi connectivity index (χ1) is 8.00. The van der Waals surface area contributed by atoms with Gasteiger partial charge >= 0.3 is 0 Å². The lowest BCUT2D eigenvalue weighted by molar-refractivity contribution is -0.187. The van der Waals surface area contributed by atoms with Gasteiger partial charge in [-0.1, -0.05) is 25.5 Å². The molecule has 1 aliphatic rings. The Labute approximate surface area is 103 Å². The first-order valence-electron chi connectivity index (χ1n) is 5.83. The fourth-order valence-corrected chi connectivity index (χ4v) is 2.55. The van der Waals surface area contributed by atoms with Crippen LogP contribution in [0.5, 0.6) is 5.75 Å². The molecule has 1 heterocycles. The second-order valence-electron chi connectivity index (χ2n) is 5.16. The summed E-state index contributed by atoms with van der Waals surface area (Å²) in [5, 5.41) is 0. The molecule has 0 aliphatic carbocycles. The molecule has 3 heteroatoms. The lowest BCUT2D eigenvalue weighted by atomic mass is 9.79. The molecule has 0 aromatic heterocycles. The molecule has 17 heavy (non-hydrogen) atoms. The summed E-state index contributed by atoms with van der Waals surface area (Å²) in [5.41, 5.74) is 2.09. The number of methoxy groups -OCH3 is 2. The standard InChI is InChI=1S/C14H20O3/c1-9-6-7-11-10(8-9)12(15-4)14(2,3)13(16-5)17-11/h6-8,12-13H,1-5H3/t12-,13-/m1/s1. The van der Waals surface area contributed by atoms with Crippen LogP contribution in [0.15, 0.2) is 18.2 Å². The van der Waals surface area contributed by atoms with E-state index in [4.69, 9.17) is 14.2 Å². The minimum absolute atomic E-state index is 0.0175. The van der Waals surface area contributed by atoms with Crippen molar-refractivity contribution in [3.8, 4) is 5.75 Å². The van der Waals surface area contributed by atoms with E-state index in [-0.39, 0.29) is 17.8 Å². The van der Waals surface area contributed by atoms with Crippen molar-refractivity contribution in [2.75, 3.05) is 14.2 Å². The largest absolute Gasteiger partial charge is 0.464 e. The highest BCUT2D eigenvalue weighted by Gasteiger charge is 2.45. The van der Waals surface area contributed by atoms with Crippen molar-refractivity contribution in [2.45, 2.75) is 33.2 Å². The van der Waals surface area contributed by atoms with Crippen LogP contribution < -0.4 is 4.74 Å². The molecule has 3 nitrogen and oxygen atoms in total. The Morgan fingerprint density at radius 1 is 1.18 bits per heavy atom. The number of benzene rings is 1. The average Bonchev–Trinajstić information content (AvgIpc) is 2.27. The summed E-state index contributed by atoms with van der Waals surface area (Å²) in [5.74, 6) is 0.855. The van der Waals surface area contributed by atoms with Crippen LogP contribution in [0.25, 0.3) is 0 Å². The Hall–Kier alpha value is -1.06. The highest BCUT2D eigenvalue weighted by molar-refractivity contribution is 5.41. The third kappa shape index (κ3) is 1.94. The molecule has 1 aliphatic heterocycles. The third-order valence-electron chi connectivity index (χ3n) is 3.41. The monoisotopic (exact) mass is 236 g/mol. The Morgan fingerprint density at radius 3 is 2.47 bits per heavy atom. The van der Waals surface area contributed by atoms with Gasteiger partial charge in [-0.05, 0) is 19.1 Å². The van der Waals surface area contributed by atoms with Crippen LogP contribution in [-0.2, 0) is 9.47 Å². The number of hydrogen-bond donors (Lipinski definition) is 0. The zero-order valence-electron chi connectivity index (χ0n) is 11.1. The molecule has 1 aromatic rings. The van der Waals surface area contributed by atoms with Crippen molar-refractivity contribution in [1.29, 1.82) is 0 Å². The average molecular weight is 236 g/mol. The van der Waals surface area contributed by atoms with E-state index in [0.29, 0.717) is 0 Å². The van der Waals surface area contributed by atoms with Crippen molar-refractivity contribution in [3.63, 3.8) is 0 Å². The van der Waals surface area contributed by atoms with Crippen LogP contribution in [0.2, 0.25) is 0 Å². The molecule has 0 saturated carbocycles. The Morgan fingerprint density at radius 2 is 1.88 bits per heavy atom. The molecule has 0 radical (unpaired) electrons. The summed E-state index contributed by atoms with van der Waals surface area (Å²) in [6.45, 7) is 6.27. The smallest absolute Gasteiger partial charge is 0.207 e. The number of ether oxygens (including phenoxy) is 3. The summed E-state index contributed by atoms with van der Waals surface area (Å²) >= 11 is 0. The fraction of sp³-hybridized carbons (Fsp3) is 0.571. The number of aryl methyl sites for hydroxylation is 1. The fourth-order valence-electron chi connectivity index (χ4n) is 2.55. The molecule has 0 unspecified atom stereocenters. The lowest BCUT2D eigenvalue weighted by Crippen LogP contribution is -2.45. The molecule has 0 amide bonds. The van der Waals surface area contributed by atoms with E-state index in [0.717, 1.165) is 11.3 Å². The zero-order chi connectivity index (χ0) is 12.6. The van der Waals surface area contributed by atoms with Crippen LogP contribution in [0.3, 0.4) is 0 Å². The van der Waals surface area contributed by atoms with E-state index >= 15 is 0 Å². The van der Waals surface area contributed by atoms with Gasteiger partial charge in [-0.15, -0.1) is 0 Å². The van der Waals surface area contributed by atoms with Crippen LogP contribution in [-0.4, -0.2) is 20.5 Å². The normalized spacial score (nSPS) is 26.2. The molecule has 2 atom stereocenters. The molecule has 0 fully saturated rings. The van der Waals surface area contributed by atoms with Gasteiger partial charge in [0.15, 0.2) is 0 Å². The first-order valence-corrected chi connectivity index (χ1v) is 5.83. The van der Waals surface area contributed by atoms with Crippen LogP contribution in [0.1, 0.15) is 31.1 Å². The van der Waals surface area contributed by atoms with Crippen molar-refractivity contribution in [1.82, 2.24) is 0 Å². The van der Waals surface area contributed by atoms with Crippen LogP contribution in [0.4, 0.5) is 0 Å². The third-order valence-corrected chi connectivity index (χ3v) is 3.41. The summed E-state index contributed by atoms with van der Waals surface area (Å²) in [6, 6.07) is 6.14. The molecular formula is C14H20O3. The Kier molecular flexibility index (Phi) is 3.15. The second-order valence-corrected chi connectivity index (χ2v) is 5.16. The van der Waals surface area contributed by atoms with E-state index < -0.39 is 0 Å². The Bertz CT molecular complexity index is 412.